The van der Waals surface area contributed by atoms with Crippen LogP contribution in [-0.2, 0) is 5.92 Å². The number of alkyl halides is 5. The van der Waals surface area contributed by atoms with Crippen molar-refractivity contribution in [2.45, 2.75) is 12.1 Å². The van der Waals surface area contributed by atoms with Crippen molar-refractivity contribution in [1.82, 2.24) is 4.98 Å². The highest BCUT2D eigenvalue weighted by atomic mass is 127. The predicted octanol–water partition coefficient (Wildman–Crippen LogP) is 2.98. The summed E-state index contributed by atoms with van der Waals surface area (Å²) >= 11 is 1.93. The summed E-state index contributed by atoms with van der Waals surface area (Å²) < 4.78 is 60.8. The topological polar surface area (TPSA) is 38.9 Å². The fourth-order valence-corrected chi connectivity index (χ4v) is 2.37. The monoisotopic (exact) mass is 344 g/mol. The van der Waals surface area contributed by atoms with Gasteiger partial charge in [-0.25, -0.2) is 4.98 Å². The Balaban J connectivity index is 3.22. The average Bonchev–Trinajstić information content (AvgIpc) is 2.27. The number of rotatable bonds is 1. The van der Waals surface area contributed by atoms with E-state index in [1.165, 1.54) is 22.6 Å². The molecule has 1 heterocycles. The van der Waals surface area contributed by atoms with Gasteiger partial charge in [-0.05, 0) is 22.6 Å². The molecule has 0 fully saturated rings. The van der Waals surface area contributed by atoms with E-state index in [4.69, 9.17) is 5.73 Å². The van der Waals surface area contributed by atoms with Gasteiger partial charge in [-0.15, -0.1) is 0 Å². The fraction of sp³-hybridized carbons (Fsp3) is 0.400. The summed E-state index contributed by atoms with van der Waals surface area (Å²) in [7, 11) is 0. The van der Waals surface area contributed by atoms with Crippen LogP contribution in [0.1, 0.15) is 5.69 Å². The highest BCUT2D eigenvalue weighted by Gasteiger charge is 2.61. The SMILES string of the molecule is Nc1nc(C(F)(F)C(F)(F)F)c(I)s1. The van der Waals surface area contributed by atoms with Crippen molar-refractivity contribution in [3.8, 4) is 0 Å². The first kappa shape index (κ1) is 11.9. The normalized spacial score (nSPS) is 13.3. The van der Waals surface area contributed by atoms with Crippen LogP contribution < -0.4 is 5.73 Å². The minimum absolute atomic E-state index is 0.262. The second-order valence-electron chi connectivity index (χ2n) is 2.25. The van der Waals surface area contributed by atoms with Gasteiger partial charge in [-0.1, -0.05) is 11.3 Å². The van der Waals surface area contributed by atoms with Crippen LogP contribution in [0.3, 0.4) is 0 Å². The van der Waals surface area contributed by atoms with Crippen molar-refractivity contribution in [3.63, 3.8) is 0 Å². The van der Waals surface area contributed by atoms with Gasteiger partial charge in [0.05, 0.1) is 2.88 Å². The summed E-state index contributed by atoms with van der Waals surface area (Å²) in [5.41, 5.74) is 3.70. The molecule has 0 atom stereocenters. The van der Waals surface area contributed by atoms with Gasteiger partial charge in [-0.3, -0.25) is 0 Å². The zero-order chi connectivity index (χ0) is 11.1. The maximum absolute atomic E-state index is 12.7. The molecule has 0 saturated carbocycles. The third-order valence-corrected chi connectivity index (χ3v) is 3.10. The van der Waals surface area contributed by atoms with Crippen LogP contribution in [0.4, 0.5) is 27.1 Å². The van der Waals surface area contributed by atoms with E-state index in [-0.39, 0.29) is 8.02 Å². The largest absolute Gasteiger partial charge is 0.459 e. The molecular weight excluding hydrogens is 342 g/mol. The molecule has 1 rings (SSSR count). The molecule has 0 aliphatic rings. The van der Waals surface area contributed by atoms with Crippen LogP contribution in [0.25, 0.3) is 0 Å². The van der Waals surface area contributed by atoms with Crippen molar-refractivity contribution in [3.05, 3.63) is 8.58 Å². The van der Waals surface area contributed by atoms with Crippen molar-refractivity contribution in [1.29, 1.82) is 0 Å². The van der Waals surface area contributed by atoms with Gasteiger partial charge < -0.3 is 5.73 Å². The second-order valence-corrected chi connectivity index (χ2v) is 5.09. The molecule has 0 spiro atoms. The molecular formula is C5H2F5IN2S. The Labute approximate surface area is 92.5 Å². The molecule has 0 aliphatic carbocycles. The quantitative estimate of drug-likeness (QED) is 0.629. The first-order valence-corrected chi connectivity index (χ1v) is 4.92. The number of hydrogen-bond acceptors (Lipinski definition) is 3. The Hall–Kier alpha value is -0.190. The van der Waals surface area contributed by atoms with Crippen LogP contribution in [-0.4, -0.2) is 11.2 Å². The van der Waals surface area contributed by atoms with Crippen LogP contribution in [0.5, 0.6) is 0 Å². The minimum atomic E-state index is -5.65. The molecule has 0 amide bonds. The highest BCUT2D eigenvalue weighted by Crippen LogP contribution is 2.46. The molecule has 2 nitrogen and oxygen atoms in total. The summed E-state index contributed by atoms with van der Waals surface area (Å²) in [4.78, 5) is 2.97. The van der Waals surface area contributed by atoms with E-state index in [0.717, 1.165) is 0 Å². The lowest BCUT2D eigenvalue weighted by molar-refractivity contribution is -0.291. The van der Waals surface area contributed by atoms with E-state index >= 15 is 0 Å². The van der Waals surface area contributed by atoms with Gasteiger partial charge >= 0.3 is 12.1 Å². The van der Waals surface area contributed by atoms with Crippen LogP contribution in [0.2, 0.25) is 0 Å². The highest BCUT2D eigenvalue weighted by molar-refractivity contribution is 14.1. The van der Waals surface area contributed by atoms with Gasteiger partial charge in [0.15, 0.2) is 5.13 Å². The minimum Gasteiger partial charge on any atom is -0.375 e. The first-order valence-electron chi connectivity index (χ1n) is 3.03. The molecule has 80 valence electrons. The molecule has 0 aromatic carbocycles. The summed E-state index contributed by atoms with van der Waals surface area (Å²) in [6.07, 6.45) is -5.65. The molecule has 1 aromatic rings. The lowest BCUT2D eigenvalue weighted by Gasteiger charge is -2.17. The van der Waals surface area contributed by atoms with Crippen LogP contribution in [0.15, 0.2) is 0 Å². The van der Waals surface area contributed by atoms with E-state index in [1.54, 1.807) is 0 Å². The van der Waals surface area contributed by atoms with Gasteiger partial charge in [0.25, 0.3) is 0 Å². The summed E-state index contributed by atoms with van der Waals surface area (Å²) in [6.45, 7) is 0. The van der Waals surface area contributed by atoms with E-state index in [1.807, 2.05) is 0 Å². The number of nitrogens with two attached hydrogens (primary N) is 1. The van der Waals surface area contributed by atoms with E-state index in [2.05, 4.69) is 4.98 Å². The first-order chi connectivity index (χ1) is 6.16. The van der Waals surface area contributed by atoms with Crippen molar-refractivity contribution in [2.75, 3.05) is 5.73 Å². The molecule has 0 radical (unpaired) electrons. The Morgan fingerprint density at radius 2 is 1.71 bits per heavy atom. The summed E-state index contributed by atoms with van der Waals surface area (Å²) in [5, 5.41) is -0.312. The predicted molar refractivity (Wildman–Crippen MR) is 49.2 cm³/mol. The Morgan fingerprint density at radius 1 is 1.21 bits per heavy atom. The maximum Gasteiger partial charge on any atom is 0.459 e. The fourth-order valence-electron chi connectivity index (χ4n) is 0.645. The Morgan fingerprint density at radius 3 is 2.00 bits per heavy atom. The standard InChI is InChI=1S/C5H2F5IN2S/c6-4(7,5(8,9)10)1-2(11)14-3(12)13-1/h(H2,12,13). The van der Waals surface area contributed by atoms with Crippen molar-refractivity contribution >= 4 is 39.1 Å². The third-order valence-electron chi connectivity index (χ3n) is 1.26. The molecule has 0 aliphatic heterocycles. The Kier molecular flexibility index (Phi) is 2.91. The molecule has 0 unspecified atom stereocenters. The lowest BCUT2D eigenvalue weighted by atomic mass is 10.2. The van der Waals surface area contributed by atoms with Gasteiger partial charge in [0.2, 0.25) is 0 Å². The molecule has 0 saturated heterocycles. The summed E-state index contributed by atoms with van der Waals surface area (Å²) in [6, 6.07) is 0. The molecule has 0 bridgehead atoms. The van der Waals surface area contributed by atoms with Crippen LogP contribution >= 0.6 is 33.9 Å². The number of anilines is 1. The third kappa shape index (κ3) is 1.92. The second kappa shape index (κ2) is 3.43. The number of nitrogen functional groups attached to an aromatic ring is 1. The zero-order valence-corrected chi connectivity index (χ0v) is 9.17. The Bertz CT molecular complexity index is 346. The number of nitrogens with zero attached hydrogens (tertiary/aromatic N) is 1. The van der Waals surface area contributed by atoms with Gasteiger partial charge in [0.1, 0.15) is 5.69 Å². The molecule has 14 heavy (non-hydrogen) atoms. The van der Waals surface area contributed by atoms with E-state index in [0.29, 0.717) is 11.3 Å². The average molecular weight is 344 g/mol. The van der Waals surface area contributed by atoms with Crippen molar-refractivity contribution < 1.29 is 22.0 Å². The lowest BCUT2D eigenvalue weighted by Crippen LogP contribution is -2.34. The smallest absolute Gasteiger partial charge is 0.375 e. The zero-order valence-electron chi connectivity index (χ0n) is 6.20. The molecule has 9 heteroatoms. The number of thiazole rings is 1. The van der Waals surface area contributed by atoms with E-state index < -0.39 is 17.8 Å². The number of halogens is 6. The number of aromatic nitrogens is 1. The maximum atomic E-state index is 12.7. The van der Waals surface area contributed by atoms with Crippen molar-refractivity contribution in [2.24, 2.45) is 0 Å². The molecule has 2 N–H and O–H groups in total. The molecule has 1 aromatic heterocycles. The van der Waals surface area contributed by atoms with E-state index in [9.17, 15) is 22.0 Å². The summed E-state index contributed by atoms with van der Waals surface area (Å²) in [5.74, 6) is -4.95. The number of hydrogen-bond donors (Lipinski definition) is 1. The van der Waals surface area contributed by atoms with Crippen LogP contribution in [0, 0.1) is 2.88 Å². The van der Waals surface area contributed by atoms with Gasteiger partial charge in [0, 0.05) is 0 Å². The van der Waals surface area contributed by atoms with Gasteiger partial charge in [-0.2, -0.15) is 22.0 Å².